The molecule has 1 saturated carbocycles. The van der Waals surface area contributed by atoms with Crippen LogP contribution in [0, 0.1) is 19.8 Å². The summed E-state index contributed by atoms with van der Waals surface area (Å²) < 4.78 is 0. The van der Waals surface area contributed by atoms with Gasteiger partial charge < -0.3 is 5.32 Å². The molecule has 3 heteroatoms. The van der Waals surface area contributed by atoms with E-state index in [1.165, 1.54) is 60.5 Å². The lowest BCUT2D eigenvalue weighted by atomic mass is 9.88. The third-order valence-electron chi connectivity index (χ3n) is 4.90. The molecule has 0 amide bonds. The maximum atomic E-state index is 4.93. The van der Waals surface area contributed by atoms with Crippen molar-refractivity contribution < 1.29 is 0 Å². The summed E-state index contributed by atoms with van der Waals surface area (Å²) in [5.41, 5.74) is 1.34. The molecule has 2 rings (SSSR count). The molecule has 1 heterocycles. The summed E-state index contributed by atoms with van der Waals surface area (Å²) in [6, 6.07) is 0.511. The Labute approximate surface area is 134 Å². The Balaban J connectivity index is 2.25. The number of nitrogens with zero attached hydrogens (tertiary/aromatic N) is 1. The van der Waals surface area contributed by atoms with E-state index in [1.807, 2.05) is 11.3 Å². The first-order chi connectivity index (χ1) is 9.97. The largest absolute Gasteiger partial charge is 0.303 e. The lowest BCUT2D eigenvalue weighted by Gasteiger charge is -2.34. The molecule has 1 aliphatic carbocycles. The van der Waals surface area contributed by atoms with Crippen molar-refractivity contribution in [2.24, 2.45) is 5.92 Å². The van der Waals surface area contributed by atoms with E-state index >= 15 is 0 Å². The van der Waals surface area contributed by atoms with Gasteiger partial charge in [0.25, 0.3) is 0 Å². The van der Waals surface area contributed by atoms with Gasteiger partial charge >= 0.3 is 0 Å². The minimum absolute atomic E-state index is 0.125. The Morgan fingerprint density at radius 1 is 1.29 bits per heavy atom. The molecule has 2 unspecified atom stereocenters. The zero-order valence-corrected chi connectivity index (χ0v) is 15.3. The molecule has 0 radical (unpaired) electrons. The van der Waals surface area contributed by atoms with Crippen LogP contribution in [-0.4, -0.2) is 11.0 Å². The van der Waals surface area contributed by atoms with Crippen LogP contribution in [0.2, 0.25) is 0 Å². The predicted molar refractivity (Wildman–Crippen MR) is 93.0 cm³/mol. The fraction of sp³-hybridized carbons (Fsp3) is 0.833. The molecule has 0 saturated heterocycles. The Hall–Kier alpha value is -0.410. The zero-order chi connectivity index (χ0) is 15.5. The SMILES string of the molecule is CCCC1CCCC(NC(C)C)(c2nc(C)c(C)s2)CC1. The van der Waals surface area contributed by atoms with Gasteiger partial charge in [-0.25, -0.2) is 4.98 Å². The highest BCUT2D eigenvalue weighted by atomic mass is 32.1. The van der Waals surface area contributed by atoms with Crippen LogP contribution in [0.1, 0.15) is 81.3 Å². The fourth-order valence-corrected chi connectivity index (χ4v) is 4.88. The molecule has 120 valence electrons. The van der Waals surface area contributed by atoms with Gasteiger partial charge in [0.05, 0.1) is 11.2 Å². The highest BCUT2D eigenvalue weighted by Crippen LogP contribution is 2.41. The fourth-order valence-electron chi connectivity index (χ4n) is 3.76. The number of thiazole rings is 1. The van der Waals surface area contributed by atoms with Crippen LogP contribution >= 0.6 is 11.3 Å². The molecule has 1 fully saturated rings. The average molecular weight is 309 g/mol. The van der Waals surface area contributed by atoms with E-state index in [0.29, 0.717) is 6.04 Å². The van der Waals surface area contributed by atoms with E-state index in [1.54, 1.807) is 0 Å². The Morgan fingerprint density at radius 2 is 2.05 bits per heavy atom. The molecule has 2 nitrogen and oxygen atoms in total. The lowest BCUT2D eigenvalue weighted by Crippen LogP contribution is -2.45. The second kappa shape index (κ2) is 7.23. The third kappa shape index (κ3) is 4.07. The molecule has 0 aliphatic heterocycles. The molecular formula is C18H32N2S. The van der Waals surface area contributed by atoms with Crippen LogP contribution in [0.25, 0.3) is 0 Å². The lowest BCUT2D eigenvalue weighted by molar-refractivity contribution is 0.261. The second-order valence-electron chi connectivity index (χ2n) is 7.13. The van der Waals surface area contributed by atoms with Crippen molar-refractivity contribution in [1.82, 2.24) is 10.3 Å². The molecule has 0 spiro atoms. The summed E-state index contributed by atoms with van der Waals surface area (Å²) in [4.78, 5) is 6.31. The van der Waals surface area contributed by atoms with Crippen molar-refractivity contribution in [3.05, 3.63) is 15.6 Å². The topological polar surface area (TPSA) is 24.9 Å². The highest BCUT2D eigenvalue weighted by molar-refractivity contribution is 7.11. The molecule has 1 N–H and O–H groups in total. The van der Waals surface area contributed by atoms with Gasteiger partial charge in [-0.3, -0.25) is 0 Å². The quantitative estimate of drug-likeness (QED) is 0.743. The molecule has 1 aromatic rings. The van der Waals surface area contributed by atoms with Crippen molar-refractivity contribution in [3.8, 4) is 0 Å². The Bertz CT molecular complexity index is 433. The number of aromatic nitrogens is 1. The van der Waals surface area contributed by atoms with Crippen LogP contribution in [0.4, 0.5) is 0 Å². The maximum Gasteiger partial charge on any atom is 0.113 e. The van der Waals surface area contributed by atoms with Crippen LogP contribution in [-0.2, 0) is 5.54 Å². The Morgan fingerprint density at radius 3 is 2.62 bits per heavy atom. The summed E-state index contributed by atoms with van der Waals surface area (Å²) in [7, 11) is 0. The number of rotatable bonds is 5. The number of aryl methyl sites for hydroxylation is 2. The molecular weight excluding hydrogens is 276 g/mol. The number of hydrogen-bond donors (Lipinski definition) is 1. The molecule has 1 aromatic heterocycles. The highest BCUT2D eigenvalue weighted by Gasteiger charge is 2.37. The van der Waals surface area contributed by atoms with Crippen molar-refractivity contribution in [3.63, 3.8) is 0 Å². The van der Waals surface area contributed by atoms with E-state index in [4.69, 9.17) is 4.98 Å². The van der Waals surface area contributed by atoms with Crippen molar-refractivity contribution >= 4 is 11.3 Å². The summed E-state index contributed by atoms with van der Waals surface area (Å²) in [6.07, 6.45) is 9.31. The van der Waals surface area contributed by atoms with E-state index in [9.17, 15) is 0 Å². The van der Waals surface area contributed by atoms with Gasteiger partial charge in [-0.1, -0.05) is 32.6 Å². The van der Waals surface area contributed by atoms with Crippen molar-refractivity contribution in [2.75, 3.05) is 0 Å². The van der Waals surface area contributed by atoms with E-state index in [0.717, 1.165) is 5.92 Å². The number of nitrogens with one attached hydrogen (secondary N) is 1. The van der Waals surface area contributed by atoms with E-state index in [2.05, 4.69) is 39.9 Å². The first-order valence-corrected chi connectivity index (χ1v) is 9.50. The van der Waals surface area contributed by atoms with Gasteiger partial charge in [0.15, 0.2) is 0 Å². The molecule has 1 aliphatic rings. The average Bonchev–Trinajstić information content (AvgIpc) is 2.63. The van der Waals surface area contributed by atoms with E-state index in [-0.39, 0.29) is 5.54 Å². The molecule has 2 atom stereocenters. The van der Waals surface area contributed by atoms with Gasteiger partial charge in [0, 0.05) is 10.9 Å². The first kappa shape index (κ1) is 17.0. The minimum atomic E-state index is 0.125. The monoisotopic (exact) mass is 308 g/mol. The summed E-state index contributed by atoms with van der Waals surface area (Å²) in [6.45, 7) is 11.2. The Kier molecular flexibility index (Phi) is 5.84. The van der Waals surface area contributed by atoms with Crippen LogP contribution in [0.15, 0.2) is 0 Å². The van der Waals surface area contributed by atoms with Crippen LogP contribution in [0.5, 0.6) is 0 Å². The van der Waals surface area contributed by atoms with Gasteiger partial charge in [-0.15, -0.1) is 11.3 Å². The van der Waals surface area contributed by atoms with Gasteiger partial charge in [0.1, 0.15) is 5.01 Å². The third-order valence-corrected chi connectivity index (χ3v) is 6.17. The standard InChI is InChI=1S/C18H32N2S/c1-6-8-16-9-7-11-18(12-10-16,20-13(2)3)17-19-14(4)15(5)21-17/h13,16,20H,6-12H2,1-5H3. The van der Waals surface area contributed by atoms with Gasteiger partial charge in [0.2, 0.25) is 0 Å². The molecule has 0 bridgehead atoms. The van der Waals surface area contributed by atoms with Gasteiger partial charge in [-0.05, 0) is 52.9 Å². The smallest absolute Gasteiger partial charge is 0.113 e. The zero-order valence-electron chi connectivity index (χ0n) is 14.5. The second-order valence-corrected chi connectivity index (χ2v) is 8.33. The minimum Gasteiger partial charge on any atom is -0.303 e. The van der Waals surface area contributed by atoms with Crippen LogP contribution in [0.3, 0.4) is 0 Å². The normalized spacial score (nSPS) is 27.0. The predicted octanol–water partition coefficient (Wildman–Crippen LogP) is 5.33. The van der Waals surface area contributed by atoms with E-state index < -0.39 is 0 Å². The van der Waals surface area contributed by atoms with Gasteiger partial charge in [-0.2, -0.15) is 0 Å². The molecule has 21 heavy (non-hydrogen) atoms. The van der Waals surface area contributed by atoms with Crippen molar-refractivity contribution in [2.45, 2.75) is 91.1 Å². The summed E-state index contributed by atoms with van der Waals surface area (Å²) in [5, 5.41) is 5.24. The maximum absolute atomic E-state index is 4.93. The first-order valence-electron chi connectivity index (χ1n) is 8.69. The number of hydrogen-bond acceptors (Lipinski definition) is 3. The van der Waals surface area contributed by atoms with Crippen LogP contribution < -0.4 is 5.32 Å². The van der Waals surface area contributed by atoms with Crippen molar-refractivity contribution in [1.29, 1.82) is 0 Å². The summed E-state index contributed by atoms with van der Waals surface area (Å²) in [5.74, 6) is 0.924. The summed E-state index contributed by atoms with van der Waals surface area (Å²) >= 11 is 1.91. The molecule has 0 aromatic carbocycles.